The van der Waals surface area contributed by atoms with E-state index in [1.165, 1.54) is 36.4 Å². The summed E-state index contributed by atoms with van der Waals surface area (Å²) >= 11 is 0. The molecule has 19 nitrogen and oxygen atoms in total. The molecule has 0 amide bonds. The number of ether oxygens (including phenoxy) is 3. The molecule has 0 aliphatic heterocycles. The van der Waals surface area contributed by atoms with Crippen LogP contribution in [-0.4, -0.2) is 131 Å². The standard InChI is InChI=1S/3C11H17N2O3.H3O4P/c3*1-13(2,3)8-9-16-11-6-4-10(5-7-11)12(14)15;1-5(2,3)4/h3*4-7H,8-9H2,1-3H3;(H3,1,2,3,4)/q3*+1;/p-3. The van der Waals surface area contributed by atoms with Crippen molar-refractivity contribution >= 4 is 24.9 Å². The third kappa shape index (κ3) is 28.5. The van der Waals surface area contributed by atoms with Gasteiger partial charge in [0.25, 0.3) is 17.1 Å². The fraction of sp³-hybridized carbons (Fsp3) is 0.455. The van der Waals surface area contributed by atoms with Crippen LogP contribution in [0.4, 0.5) is 17.1 Å². The van der Waals surface area contributed by atoms with Crippen molar-refractivity contribution in [2.24, 2.45) is 0 Å². The maximum Gasteiger partial charge on any atom is 0.269 e. The minimum atomic E-state index is -5.39. The van der Waals surface area contributed by atoms with Gasteiger partial charge < -0.3 is 46.9 Å². The molecule has 0 spiro atoms. The number of nitro groups is 3. The van der Waals surface area contributed by atoms with Gasteiger partial charge in [-0.1, -0.05) is 0 Å². The Kier molecular flexibility index (Phi) is 20.3. The number of hydrogen-bond donors (Lipinski definition) is 0. The number of nitro benzene ring substituents is 3. The summed E-state index contributed by atoms with van der Waals surface area (Å²) in [6.45, 7) is 4.45. The van der Waals surface area contributed by atoms with Gasteiger partial charge in [-0.05, 0) is 36.4 Å². The van der Waals surface area contributed by atoms with Gasteiger partial charge in [0.2, 0.25) is 0 Å². The highest BCUT2D eigenvalue weighted by molar-refractivity contribution is 7.40. The first-order valence-corrected chi connectivity index (χ1v) is 17.4. The summed E-state index contributed by atoms with van der Waals surface area (Å²) in [5.41, 5.74) is 0.247. The second-order valence-electron chi connectivity index (χ2n) is 14.3. The number of rotatable bonds is 15. The number of hydrogen-bond acceptors (Lipinski definition) is 13. The summed E-state index contributed by atoms with van der Waals surface area (Å²) in [5, 5.41) is 31.3. The molecule has 3 aromatic carbocycles. The molecule has 0 N–H and O–H groups in total. The summed E-state index contributed by atoms with van der Waals surface area (Å²) in [6, 6.07) is 18.4. The third-order valence-electron chi connectivity index (χ3n) is 6.24. The molecule has 0 unspecified atom stereocenters. The second kappa shape index (κ2) is 22.3. The fourth-order valence-corrected chi connectivity index (χ4v) is 3.30. The van der Waals surface area contributed by atoms with Crippen LogP contribution >= 0.6 is 7.82 Å². The molecular formula is C33H51N6O13P. The largest absolute Gasteiger partial charge is 0.822 e. The van der Waals surface area contributed by atoms with E-state index in [1.807, 2.05) is 0 Å². The van der Waals surface area contributed by atoms with Crippen LogP contribution in [0.25, 0.3) is 0 Å². The fourth-order valence-electron chi connectivity index (χ4n) is 3.30. The smallest absolute Gasteiger partial charge is 0.269 e. The number of nitrogens with zero attached hydrogens (tertiary/aromatic N) is 6. The Balaban J connectivity index is 0.000000718. The lowest BCUT2D eigenvalue weighted by molar-refractivity contribution is -0.870. The highest BCUT2D eigenvalue weighted by Crippen LogP contribution is 2.19. The molecule has 20 heteroatoms. The van der Waals surface area contributed by atoms with Crippen LogP contribution in [0.5, 0.6) is 17.2 Å². The monoisotopic (exact) mass is 770 g/mol. The average Bonchev–Trinajstić information content (AvgIpc) is 3.00. The number of benzene rings is 3. The Labute approximate surface area is 309 Å². The SMILES string of the molecule is C[N+](C)(C)CCOc1ccc([N+](=O)[O-])cc1.C[N+](C)(C)CCOc1ccc([N+](=O)[O-])cc1.C[N+](C)(C)CCOc1ccc([N+](=O)[O-])cc1.O=P([O-])([O-])[O-]. The molecule has 0 fully saturated rings. The highest BCUT2D eigenvalue weighted by Gasteiger charge is 2.10. The summed E-state index contributed by atoms with van der Waals surface area (Å²) in [4.78, 5) is 55.6. The minimum absolute atomic E-state index is 0.0824. The first kappa shape index (κ1) is 48.2. The second-order valence-corrected chi connectivity index (χ2v) is 15.2. The molecule has 0 bridgehead atoms. The van der Waals surface area contributed by atoms with Gasteiger partial charge in [0.05, 0.1) is 78.2 Å². The molecule has 0 saturated carbocycles. The lowest BCUT2D eigenvalue weighted by Gasteiger charge is -2.36. The van der Waals surface area contributed by atoms with E-state index in [0.29, 0.717) is 37.1 Å². The third-order valence-corrected chi connectivity index (χ3v) is 6.24. The van der Waals surface area contributed by atoms with Gasteiger partial charge in [-0.25, -0.2) is 0 Å². The van der Waals surface area contributed by atoms with Gasteiger partial charge in [0.15, 0.2) is 0 Å². The van der Waals surface area contributed by atoms with Crippen LogP contribution in [0.15, 0.2) is 72.8 Å². The highest BCUT2D eigenvalue weighted by atomic mass is 31.2. The Bertz CT molecular complexity index is 1400. The van der Waals surface area contributed by atoms with Gasteiger partial charge in [-0.2, -0.15) is 7.82 Å². The molecule has 0 aromatic heterocycles. The summed E-state index contributed by atoms with van der Waals surface area (Å²) < 4.78 is 27.5. The molecule has 0 atom stereocenters. The van der Waals surface area contributed by atoms with Gasteiger partial charge in [-0.15, -0.1) is 0 Å². The minimum Gasteiger partial charge on any atom is -0.822 e. The molecule has 0 aliphatic carbocycles. The van der Waals surface area contributed by atoms with E-state index >= 15 is 0 Å². The lowest BCUT2D eigenvalue weighted by Crippen LogP contribution is -2.38. The number of likely N-dealkylation sites (N-methyl/N-ethyl adjacent to an activating group) is 3. The molecule has 0 radical (unpaired) electrons. The maximum absolute atomic E-state index is 10.4. The Morgan fingerprint density at radius 1 is 0.453 bits per heavy atom. The van der Waals surface area contributed by atoms with Crippen molar-refractivity contribution in [2.75, 3.05) is 103 Å². The Hall–Kier alpha value is -4.75. The van der Waals surface area contributed by atoms with E-state index in [0.717, 1.165) is 33.1 Å². The zero-order valence-corrected chi connectivity index (χ0v) is 32.5. The van der Waals surface area contributed by atoms with E-state index in [2.05, 4.69) is 63.4 Å². The topological polar surface area (TPSA) is 243 Å². The summed E-state index contributed by atoms with van der Waals surface area (Å²) in [7, 11) is 13.4. The zero-order valence-electron chi connectivity index (χ0n) is 31.6. The van der Waals surface area contributed by atoms with Crippen LogP contribution in [0, 0.1) is 30.3 Å². The molecule has 3 rings (SSSR count). The van der Waals surface area contributed by atoms with Crippen molar-refractivity contribution in [1.29, 1.82) is 0 Å². The van der Waals surface area contributed by atoms with Crippen LogP contribution in [-0.2, 0) is 4.57 Å². The quantitative estimate of drug-likeness (QED) is 0.0933. The number of phosphoric acid groups is 1. The van der Waals surface area contributed by atoms with Crippen molar-refractivity contribution in [1.82, 2.24) is 0 Å². The molecule has 53 heavy (non-hydrogen) atoms. The molecule has 0 saturated heterocycles. The molecule has 0 aliphatic rings. The summed E-state index contributed by atoms with van der Waals surface area (Å²) in [5.74, 6) is 2.00. The van der Waals surface area contributed by atoms with Gasteiger partial charge in [-0.3, -0.25) is 30.3 Å². The summed E-state index contributed by atoms with van der Waals surface area (Å²) in [6.07, 6.45) is 0. The van der Waals surface area contributed by atoms with E-state index in [4.69, 9.17) is 33.5 Å². The average molecular weight is 771 g/mol. The van der Waals surface area contributed by atoms with Crippen molar-refractivity contribution < 1.29 is 61.7 Å². The molecule has 3 aromatic rings. The lowest BCUT2D eigenvalue weighted by atomic mass is 10.3. The van der Waals surface area contributed by atoms with Crippen LogP contribution in [0.2, 0.25) is 0 Å². The Morgan fingerprint density at radius 2 is 0.623 bits per heavy atom. The van der Waals surface area contributed by atoms with Crippen molar-refractivity contribution in [3.8, 4) is 17.2 Å². The van der Waals surface area contributed by atoms with Gasteiger partial charge >= 0.3 is 0 Å². The van der Waals surface area contributed by atoms with Crippen LogP contribution in [0.1, 0.15) is 0 Å². The van der Waals surface area contributed by atoms with E-state index in [9.17, 15) is 30.3 Å². The van der Waals surface area contributed by atoms with Crippen LogP contribution < -0.4 is 28.9 Å². The number of quaternary nitrogens is 3. The molecule has 296 valence electrons. The van der Waals surface area contributed by atoms with Gasteiger partial charge in [0, 0.05) is 36.4 Å². The predicted octanol–water partition coefficient (Wildman–Crippen LogP) is 2.21. The van der Waals surface area contributed by atoms with E-state index in [-0.39, 0.29) is 17.1 Å². The first-order chi connectivity index (χ1) is 24.1. The normalized spacial score (nSPS) is 11.2. The van der Waals surface area contributed by atoms with Gasteiger partial charge in [0.1, 0.15) is 56.7 Å². The zero-order chi connectivity index (χ0) is 41.0. The predicted molar refractivity (Wildman–Crippen MR) is 192 cm³/mol. The van der Waals surface area contributed by atoms with E-state index < -0.39 is 22.6 Å². The van der Waals surface area contributed by atoms with Crippen molar-refractivity contribution in [2.45, 2.75) is 0 Å². The molecular weight excluding hydrogens is 719 g/mol. The number of non-ortho nitro benzene ring substituents is 3. The Morgan fingerprint density at radius 3 is 0.755 bits per heavy atom. The van der Waals surface area contributed by atoms with E-state index in [1.54, 1.807) is 36.4 Å². The van der Waals surface area contributed by atoms with Crippen molar-refractivity contribution in [3.63, 3.8) is 0 Å². The van der Waals surface area contributed by atoms with Crippen molar-refractivity contribution in [3.05, 3.63) is 103 Å². The molecule has 0 heterocycles. The van der Waals surface area contributed by atoms with Crippen LogP contribution in [0.3, 0.4) is 0 Å². The first-order valence-electron chi connectivity index (χ1n) is 15.9. The maximum atomic E-state index is 10.4.